The predicted octanol–water partition coefficient (Wildman–Crippen LogP) is 3.63. The number of carbonyl (C=O) groups excluding carboxylic acids is 2. The van der Waals surface area contributed by atoms with Gasteiger partial charge in [0.05, 0.1) is 36.3 Å². The van der Waals surface area contributed by atoms with E-state index in [1.165, 1.54) is 37.6 Å². The monoisotopic (exact) mass is 460 g/mol. The minimum atomic E-state index is -0.645. The van der Waals surface area contributed by atoms with Crippen LogP contribution in [0.5, 0.6) is 11.5 Å². The van der Waals surface area contributed by atoms with Crippen molar-refractivity contribution in [3.8, 4) is 11.5 Å². The van der Waals surface area contributed by atoms with Crippen LogP contribution >= 0.6 is 0 Å². The first-order valence-electron chi connectivity index (χ1n) is 10.3. The first kappa shape index (κ1) is 22.7. The van der Waals surface area contributed by atoms with Crippen LogP contribution in [0.4, 0.5) is 4.39 Å². The molecule has 1 heterocycles. The highest BCUT2D eigenvalue weighted by molar-refractivity contribution is 5.91. The Morgan fingerprint density at radius 1 is 1.09 bits per heavy atom. The van der Waals surface area contributed by atoms with Gasteiger partial charge in [-0.25, -0.2) is 19.6 Å². The van der Waals surface area contributed by atoms with E-state index in [-0.39, 0.29) is 23.6 Å². The quantitative estimate of drug-likeness (QED) is 0.197. The number of nitrogens with zero attached hydrogens (tertiary/aromatic N) is 3. The third-order valence-corrected chi connectivity index (χ3v) is 5.07. The first-order chi connectivity index (χ1) is 16.4. The number of esters is 1. The molecule has 1 aromatic heterocycles. The van der Waals surface area contributed by atoms with Crippen molar-refractivity contribution in [2.45, 2.75) is 6.42 Å². The van der Waals surface area contributed by atoms with Gasteiger partial charge in [-0.05, 0) is 60.2 Å². The van der Waals surface area contributed by atoms with Gasteiger partial charge in [-0.3, -0.25) is 4.79 Å². The fraction of sp³-hybridized carbons (Fsp3) is 0.120. The SMILES string of the molecule is COc1cc(/C=N/NC(=O)Cc2nc3ccccc3n2C)ccc1OC(=O)c1ccc(F)cc1. The van der Waals surface area contributed by atoms with E-state index in [2.05, 4.69) is 15.5 Å². The molecule has 4 aromatic rings. The number of fused-ring (bicyclic) bond motifs is 1. The molecule has 9 heteroatoms. The number of benzene rings is 3. The molecule has 3 aromatic carbocycles. The Morgan fingerprint density at radius 2 is 1.85 bits per heavy atom. The van der Waals surface area contributed by atoms with Crippen LogP contribution < -0.4 is 14.9 Å². The average Bonchev–Trinajstić information content (AvgIpc) is 3.15. The second kappa shape index (κ2) is 9.95. The summed E-state index contributed by atoms with van der Waals surface area (Å²) in [6.45, 7) is 0. The molecule has 0 radical (unpaired) electrons. The van der Waals surface area contributed by atoms with Gasteiger partial charge in [0.25, 0.3) is 0 Å². The fourth-order valence-electron chi connectivity index (χ4n) is 3.31. The maximum atomic E-state index is 13.0. The van der Waals surface area contributed by atoms with Crippen molar-refractivity contribution in [2.75, 3.05) is 7.11 Å². The Labute approximate surface area is 194 Å². The van der Waals surface area contributed by atoms with Gasteiger partial charge in [-0.15, -0.1) is 0 Å². The number of rotatable bonds is 7. The van der Waals surface area contributed by atoms with Gasteiger partial charge in [0, 0.05) is 7.05 Å². The lowest BCUT2D eigenvalue weighted by Gasteiger charge is -2.10. The summed E-state index contributed by atoms with van der Waals surface area (Å²) in [5.41, 5.74) is 5.07. The Morgan fingerprint density at radius 3 is 2.59 bits per heavy atom. The number of nitrogens with one attached hydrogen (secondary N) is 1. The molecule has 0 saturated carbocycles. The minimum Gasteiger partial charge on any atom is -0.493 e. The lowest BCUT2D eigenvalue weighted by atomic mass is 10.2. The Hall–Kier alpha value is -4.53. The van der Waals surface area contributed by atoms with E-state index >= 15 is 0 Å². The topological polar surface area (TPSA) is 94.8 Å². The smallest absolute Gasteiger partial charge is 0.343 e. The van der Waals surface area contributed by atoms with Crippen molar-refractivity contribution in [3.63, 3.8) is 0 Å². The van der Waals surface area contributed by atoms with Crippen LogP contribution in [0.2, 0.25) is 0 Å². The van der Waals surface area contributed by atoms with Crippen molar-refractivity contribution < 1.29 is 23.5 Å². The van der Waals surface area contributed by atoms with Crippen LogP contribution in [0.3, 0.4) is 0 Å². The summed E-state index contributed by atoms with van der Waals surface area (Å²) in [7, 11) is 3.29. The van der Waals surface area contributed by atoms with Crippen LogP contribution in [0.25, 0.3) is 11.0 Å². The summed E-state index contributed by atoms with van der Waals surface area (Å²) in [6.07, 6.45) is 1.52. The van der Waals surface area contributed by atoms with Crippen LogP contribution in [0.15, 0.2) is 71.8 Å². The highest BCUT2D eigenvalue weighted by Gasteiger charge is 2.14. The third kappa shape index (κ3) is 5.09. The summed E-state index contributed by atoms with van der Waals surface area (Å²) < 4.78 is 25.6. The number of amides is 1. The molecule has 0 bridgehead atoms. The van der Waals surface area contributed by atoms with E-state index < -0.39 is 11.8 Å². The maximum absolute atomic E-state index is 13.0. The number of imidazole rings is 1. The van der Waals surface area contributed by atoms with Crippen LogP contribution in [-0.4, -0.2) is 34.8 Å². The largest absolute Gasteiger partial charge is 0.493 e. The highest BCUT2D eigenvalue weighted by atomic mass is 19.1. The van der Waals surface area contributed by atoms with Gasteiger partial charge in [-0.2, -0.15) is 5.10 Å². The van der Waals surface area contributed by atoms with Gasteiger partial charge in [0.1, 0.15) is 11.6 Å². The highest BCUT2D eigenvalue weighted by Crippen LogP contribution is 2.28. The number of aromatic nitrogens is 2. The molecule has 0 atom stereocenters. The van der Waals surface area contributed by atoms with E-state index in [0.29, 0.717) is 17.1 Å². The van der Waals surface area contributed by atoms with E-state index in [9.17, 15) is 14.0 Å². The molecule has 8 nitrogen and oxygen atoms in total. The summed E-state index contributed by atoms with van der Waals surface area (Å²) in [5.74, 6) is -0.285. The van der Waals surface area contributed by atoms with E-state index in [0.717, 1.165) is 11.0 Å². The number of hydrazone groups is 1. The molecule has 0 aliphatic heterocycles. The lowest BCUT2D eigenvalue weighted by Crippen LogP contribution is -2.21. The molecule has 1 N–H and O–H groups in total. The molecular formula is C25H21FN4O4. The third-order valence-electron chi connectivity index (χ3n) is 5.07. The molecule has 0 unspecified atom stereocenters. The number of aryl methyl sites for hydroxylation is 1. The van der Waals surface area contributed by atoms with Gasteiger partial charge in [-0.1, -0.05) is 12.1 Å². The normalized spacial score (nSPS) is 11.0. The molecule has 0 spiro atoms. The summed E-state index contributed by atoms with van der Waals surface area (Å²) in [5, 5.41) is 3.98. The summed E-state index contributed by atoms with van der Waals surface area (Å²) >= 11 is 0. The maximum Gasteiger partial charge on any atom is 0.343 e. The lowest BCUT2D eigenvalue weighted by molar-refractivity contribution is -0.120. The van der Waals surface area contributed by atoms with E-state index in [4.69, 9.17) is 9.47 Å². The average molecular weight is 460 g/mol. The number of halogens is 1. The Bertz CT molecular complexity index is 1380. The zero-order valence-electron chi connectivity index (χ0n) is 18.5. The van der Waals surface area contributed by atoms with Crippen molar-refractivity contribution in [1.82, 2.24) is 15.0 Å². The Balaban J connectivity index is 1.38. The summed E-state index contributed by atoms with van der Waals surface area (Å²) in [4.78, 5) is 29.1. The number of hydrogen-bond donors (Lipinski definition) is 1. The first-order valence-corrected chi connectivity index (χ1v) is 10.3. The molecule has 1 amide bonds. The molecule has 172 valence electrons. The molecule has 0 aliphatic carbocycles. The molecule has 0 fully saturated rings. The van der Waals surface area contributed by atoms with Gasteiger partial charge in [0.15, 0.2) is 11.5 Å². The zero-order valence-corrected chi connectivity index (χ0v) is 18.5. The van der Waals surface area contributed by atoms with Crippen molar-refractivity contribution >= 4 is 29.1 Å². The standard InChI is InChI=1S/C25H21FN4O4/c1-30-20-6-4-3-5-19(20)28-23(30)14-24(31)29-27-15-16-7-12-21(22(13-16)33-2)34-25(32)17-8-10-18(26)11-9-17/h3-13,15H,14H2,1-2H3,(H,29,31)/b27-15+. The van der Waals surface area contributed by atoms with Crippen molar-refractivity contribution in [3.05, 3.63) is 89.5 Å². The van der Waals surface area contributed by atoms with Gasteiger partial charge >= 0.3 is 5.97 Å². The number of hydrogen-bond acceptors (Lipinski definition) is 6. The van der Waals surface area contributed by atoms with Crippen molar-refractivity contribution in [1.29, 1.82) is 0 Å². The Kier molecular flexibility index (Phi) is 6.63. The predicted molar refractivity (Wildman–Crippen MR) is 125 cm³/mol. The molecule has 0 saturated heterocycles. The van der Waals surface area contributed by atoms with Crippen molar-refractivity contribution in [2.24, 2.45) is 12.1 Å². The molecule has 0 aliphatic rings. The van der Waals surface area contributed by atoms with E-state index in [1.54, 1.807) is 18.2 Å². The molecule has 4 rings (SSSR count). The van der Waals surface area contributed by atoms with Gasteiger partial charge in [0.2, 0.25) is 5.91 Å². The fourth-order valence-corrected chi connectivity index (χ4v) is 3.31. The minimum absolute atomic E-state index is 0.0735. The molecule has 34 heavy (non-hydrogen) atoms. The van der Waals surface area contributed by atoms with Crippen LogP contribution in [-0.2, 0) is 18.3 Å². The second-order valence-corrected chi connectivity index (χ2v) is 7.35. The van der Waals surface area contributed by atoms with Crippen LogP contribution in [0.1, 0.15) is 21.7 Å². The summed E-state index contributed by atoms with van der Waals surface area (Å²) in [6, 6.07) is 17.5. The number of ether oxygens (including phenoxy) is 2. The number of para-hydroxylation sites is 2. The molecular weight excluding hydrogens is 439 g/mol. The van der Waals surface area contributed by atoms with Gasteiger partial charge < -0.3 is 14.0 Å². The number of carbonyl (C=O) groups is 2. The second-order valence-electron chi connectivity index (χ2n) is 7.35. The van der Waals surface area contributed by atoms with E-state index in [1.807, 2.05) is 35.9 Å². The zero-order chi connectivity index (χ0) is 24.1. The number of methoxy groups -OCH3 is 1. The van der Waals surface area contributed by atoms with Crippen LogP contribution in [0, 0.1) is 5.82 Å².